The van der Waals surface area contributed by atoms with E-state index >= 15 is 0 Å². The Hall–Kier alpha value is -2.45. The van der Waals surface area contributed by atoms with Gasteiger partial charge in [-0.2, -0.15) is 8.42 Å². The van der Waals surface area contributed by atoms with Gasteiger partial charge in [0, 0.05) is 36.6 Å². The quantitative estimate of drug-likeness (QED) is 0.420. The lowest BCUT2D eigenvalue weighted by atomic mass is 10.1. The Kier molecular flexibility index (Phi) is 7.25. The van der Waals surface area contributed by atoms with Crippen LogP contribution in [0.15, 0.2) is 31.0 Å². The Morgan fingerprint density at radius 3 is 2.91 bits per heavy atom. The molecule has 4 rings (SSSR count). The number of ether oxygens (including phenoxy) is 1. The maximum Gasteiger partial charge on any atom is 0.333 e. The largest absolute Gasteiger partial charge is 0.390 e. The van der Waals surface area contributed by atoms with Crippen molar-refractivity contribution in [3.63, 3.8) is 0 Å². The van der Waals surface area contributed by atoms with Crippen molar-refractivity contribution >= 4 is 21.9 Å². The molecule has 2 aromatic heterocycles. The summed E-state index contributed by atoms with van der Waals surface area (Å²) in [4.78, 5) is 21.2. The predicted molar refractivity (Wildman–Crippen MR) is 124 cm³/mol. The highest BCUT2D eigenvalue weighted by Crippen LogP contribution is 2.33. The van der Waals surface area contributed by atoms with Gasteiger partial charge >= 0.3 is 10.3 Å². The molecular weight excluding hydrogens is 481 g/mol. The highest BCUT2D eigenvalue weighted by atomic mass is 32.2. The van der Waals surface area contributed by atoms with E-state index in [1.165, 1.54) is 12.5 Å². The van der Waals surface area contributed by atoms with Gasteiger partial charge in [0.25, 0.3) is 0 Å². The number of aliphatic hydroxyl groups is 1. The predicted octanol–water partition coefficient (Wildman–Crippen LogP) is 1.19. The zero-order valence-corrected chi connectivity index (χ0v) is 20.3. The fourth-order valence-corrected chi connectivity index (χ4v) is 5.02. The molecule has 0 bridgehead atoms. The van der Waals surface area contributed by atoms with Crippen LogP contribution in [0.4, 0.5) is 10.2 Å². The number of carbonyl (C=O) groups excluding carboxylic acids is 1. The Morgan fingerprint density at radius 1 is 1.46 bits per heavy atom. The van der Waals surface area contributed by atoms with Crippen molar-refractivity contribution in [3.05, 3.63) is 42.1 Å². The van der Waals surface area contributed by atoms with Gasteiger partial charge in [-0.25, -0.2) is 19.5 Å². The zero-order chi connectivity index (χ0) is 25.4. The molecule has 1 unspecified atom stereocenters. The van der Waals surface area contributed by atoms with Crippen molar-refractivity contribution < 1.29 is 31.6 Å². The molecule has 192 valence electrons. The molecule has 4 N–H and O–H groups in total. The molecule has 13 heteroatoms. The van der Waals surface area contributed by atoms with Crippen molar-refractivity contribution in [2.75, 3.05) is 11.9 Å². The Bertz CT molecular complexity index is 1170. The second kappa shape index (κ2) is 9.90. The summed E-state index contributed by atoms with van der Waals surface area (Å²) >= 11 is 0. The molecule has 2 fully saturated rings. The van der Waals surface area contributed by atoms with Crippen LogP contribution in [0.2, 0.25) is 0 Å². The van der Waals surface area contributed by atoms with E-state index in [1.54, 1.807) is 18.5 Å². The van der Waals surface area contributed by atoms with Gasteiger partial charge in [0.1, 0.15) is 18.3 Å². The monoisotopic (exact) mass is 511 g/mol. The lowest BCUT2D eigenvalue weighted by Crippen LogP contribution is -2.33. The number of hydrogen-bond donors (Lipinski definition) is 3. The lowest BCUT2D eigenvalue weighted by Gasteiger charge is -2.19. The topological polar surface area (TPSA) is 159 Å². The molecule has 1 aliphatic heterocycles. The van der Waals surface area contributed by atoms with Crippen LogP contribution in [0, 0.1) is 5.92 Å². The number of alkyl halides is 1. The van der Waals surface area contributed by atoms with Crippen molar-refractivity contribution in [1.29, 1.82) is 0 Å². The smallest absolute Gasteiger partial charge is 0.333 e. The molecule has 2 aliphatic rings. The molecule has 0 radical (unpaired) electrons. The molecule has 11 nitrogen and oxygen atoms in total. The molecular formula is C22H30FN5O6S. The standard InChI is InChI=1S/C22H30FN5O6S/c1-22(2)5-3-15(34-22)10-28-6-4-13(9-28)19(29)16-8-25-12-26-21(16)27-17-7-14(20(30)18(17)23)11-33-35(24,31)32/h4,6,8-9,12,14-15,17-18,20,30H,3,5,7,10-11H2,1-2H3,(H2,24,31,32)(H,25,26,27)/t14-,15?,17-,18-,20-/m1/s1. The van der Waals surface area contributed by atoms with Crippen LogP contribution >= 0.6 is 0 Å². The average molecular weight is 512 g/mol. The summed E-state index contributed by atoms with van der Waals surface area (Å²) in [5.41, 5.74) is 0.418. The number of nitrogens with zero attached hydrogens (tertiary/aromatic N) is 3. The Balaban J connectivity index is 1.44. The number of aromatic nitrogens is 3. The summed E-state index contributed by atoms with van der Waals surface area (Å²) in [6.45, 7) is 4.28. The molecule has 2 aromatic rings. The van der Waals surface area contributed by atoms with Crippen LogP contribution in [-0.2, 0) is 25.8 Å². The minimum atomic E-state index is -4.22. The van der Waals surface area contributed by atoms with Gasteiger partial charge in [0.2, 0.25) is 0 Å². The van der Waals surface area contributed by atoms with Crippen molar-refractivity contribution in [3.8, 4) is 0 Å². The van der Waals surface area contributed by atoms with Gasteiger partial charge in [-0.05, 0) is 39.2 Å². The minimum absolute atomic E-state index is 0.0452. The first-order chi connectivity index (χ1) is 16.4. The molecule has 1 saturated heterocycles. The van der Waals surface area contributed by atoms with Gasteiger partial charge in [0.05, 0.1) is 36.0 Å². The number of anilines is 1. The van der Waals surface area contributed by atoms with E-state index in [4.69, 9.17) is 9.88 Å². The molecule has 3 heterocycles. The van der Waals surface area contributed by atoms with Gasteiger partial charge in [0.15, 0.2) is 5.78 Å². The molecule has 0 amide bonds. The molecule has 35 heavy (non-hydrogen) atoms. The van der Waals surface area contributed by atoms with Gasteiger partial charge in [-0.15, -0.1) is 0 Å². The van der Waals surface area contributed by atoms with E-state index in [-0.39, 0.29) is 35.3 Å². The van der Waals surface area contributed by atoms with E-state index in [0.717, 1.165) is 12.8 Å². The Labute approximate surface area is 203 Å². The maximum atomic E-state index is 14.8. The van der Waals surface area contributed by atoms with Crippen LogP contribution in [0.25, 0.3) is 0 Å². The second-order valence-electron chi connectivity index (χ2n) is 9.71. The summed E-state index contributed by atoms with van der Waals surface area (Å²) in [5.74, 6) is -1.03. The number of aliphatic hydroxyl groups excluding tert-OH is 1. The number of ketones is 1. The summed E-state index contributed by atoms with van der Waals surface area (Å²) in [7, 11) is -4.22. The van der Waals surface area contributed by atoms with Gasteiger partial charge in [-0.3, -0.25) is 8.98 Å². The van der Waals surface area contributed by atoms with Crippen molar-refractivity contribution in [1.82, 2.24) is 14.5 Å². The van der Waals surface area contributed by atoms with Crippen LogP contribution in [0.3, 0.4) is 0 Å². The molecule has 1 saturated carbocycles. The fraction of sp³-hybridized carbons (Fsp3) is 0.591. The van der Waals surface area contributed by atoms with Gasteiger partial charge < -0.3 is 19.7 Å². The summed E-state index contributed by atoms with van der Waals surface area (Å²) in [6.07, 6.45) is 4.93. The normalized spacial score (nSPS) is 28.3. The highest BCUT2D eigenvalue weighted by Gasteiger charge is 2.44. The van der Waals surface area contributed by atoms with Crippen LogP contribution in [0.1, 0.15) is 49.0 Å². The van der Waals surface area contributed by atoms with Crippen LogP contribution in [0.5, 0.6) is 0 Å². The molecule has 0 spiro atoms. The maximum absolute atomic E-state index is 14.8. The summed E-state index contributed by atoms with van der Waals surface area (Å²) < 4.78 is 49.3. The summed E-state index contributed by atoms with van der Waals surface area (Å²) in [5, 5.41) is 17.9. The zero-order valence-electron chi connectivity index (χ0n) is 19.5. The molecule has 5 atom stereocenters. The fourth-order valence-electron chi connectivity index (χ4n) is 4.65. The van der Waals surface area contributed by atoms with E-state index < -0.39 is 41.1 Å². The van der Waals surface area contributed by atoms with E-state index in [9.17, 15) is 22.7 Å². The first kappa shape index (κ1) is 25.6. The third-order valence-corrected chi connectivity index (χ3v) is 6.92. The van der Waals surface area contributed by atoms with E-state index in [1.807, 2.05) is 4.57 Å². The molecule has 0 aromatic carbocycles. The lowest BCUT2D eigenvalue weighted by molar-refractivity contribution is -0.0216. The first-order valence-corrected chi connectivity index (χ1v) is 12.8. The number of carbonyl (C=O) groups is 1. The van der Waals surface area contributed by atoms with E-state index in [2.05, 4.69) is 33.3 Å². The third-order valence-electron chi connectivity index (χ3n) is 6.46. The number of nitrogens with one attached hydrogen (secondary N) is 1. The summed E-state index contributed by atoms with van der Waals surface area (Å²) in [6, 6.07) is 0.768. The van der Waals surface area contributed by atoms with Crippen molar-refractivity contribution in [2.45, 2.75) is 69.7 Å². The first-order valence-electron chi connectivity index (χ1n) is 11.4. The number of hydrogen-bond acceptors (Lipinski definition) is 9. The average Bonchev–Trinajstić information content (AvgIpc) is 3.46. The number of halogens is 1. The van der Waals surface area contributed by atoms with Gasteiger partial charge in [-0.1, -0.05) is 0 Å². The minimum Gasteiger partial charge on any atom is -0.390 e. The van der Waals surface area contributed by atoms with Crippen LogP contribution in [-0.4, -0.2) is 70.5 Å². The third kappa shape index (κ3) is 6.22. The SMILES string of the molecule is CC1(C)CCC(Cn2ccc(C(=O)c3cncnc3N[C@@H]3C[C@H](COS(N)(=O)=O)[C@@H](O)[C@@H]3F)c2)O1. The van der Waals surface area contributed by atoms with Crippen LogP contribution < -0.4 is 10.5 Å². The van der Waals surface area contributed by atoms with Crippen molar-refractivity contribution in [2.24, 2.45) is 11.1 Å². The second-order valence-corrected chi connectivity index (χ2v) is 10.9. The highest BCUT2D eigenvalue weighted by molar-refractivity contribution is 7.84. The number of rotatable bonds is 9. The Morgan fingerprint density at radius 2 is 2.23 bits per heavy atom. The van der Waals surface area contributed by atoms with E-state index in [0.29, 0.717) is 12.1 Å². The number of nitrogens with two attached hydrogens (primary N) is 1. The molecule has 1 aliphatic carbocycles.